The highest BCUT2D eigenvalue weighted by Gasteiger charge is 2.14. The van der Waals surface area contributed by atoms with Crippen LogP contribution >= 0.6 is 0 Å². The van der Waals surface area contributed by atoms with Crippen molar-refractivity contribution >= 4 is 32.7 Å². The van der Waals surface area contributed by atoms with Gasteiger partial charge >= 0.3 is 0 Å². The molecule has 3 aromatic carbocycles. The smallest absolute Gasteiger partial charge is 0.0726 e. The Labute approximate surface area is 139 Å². The fourth-order valence-corrected chi connectivity index (χ4v) is 3.54. The fraction of sp³-hybridized carbons (Fsp3) is 0.0455. The number of para-hydroxylation sites is 2. The van der Waals surface area contributed by atoms with Crippen molar-refractivity contribution < 1.29 is 0 Å². The molecule has 0 aliphatic rings. The summed E-state index contributed by atoms with van der Waals surface area (Å²) in [6.45, 7) is 0. The molecule has 0 spiro atoms. The Balaban J connectivity index is 1.89. The van der Waals surface area contributed by atoms with Crippen LogP contribution in [-0.4, -0.2) is 9.97 Å². The number of fused-ring (bicyclic) bond motifs is 5. The summed E-state index contributed by atoms with van der Waals surface area (Å²) in [5, 5.41) is 3.67. The highest BCUT2D eigenvalue weighted by molar-refractivity contribution is 6.17. The minimum Gasteiger partial charge on any atom is -0.354 e. The average Bonchev–Trinajstić information content (AvgIpc) is 3.03. The number of hydrogen-bond acceptors (Lipinski definition) is 1. The monoisotopic (exact) mass is 308 g/mol. The average molecular weight is 308 g/mol. The Kier molecular flexibility index (Phi) is 2.89. The number of aromatic nitrogens is 2. The van der Waals surface area contributed by atoms with Gasteiger partial charge in [0.2, 0.25) is 0 Å². The number of H-pyrrole nitrogens is 1. The second-order valence-electron chi connectivity index (χ2n) is 6.16. The quantitative estimate of drug-likeness (QED) is 0.461. The minimum absolute atomic E-state index is 0.837. The van der Waals surface area contributed by atoms with Gasteiger partial charge < -0.3 is 4.98 Å². The highest BCUT2D eigenvalue weighted by Crippen LogP contribution is 2.33. The molecule has 0 aliphatic carbocycles. The molecule has 1 N–H and O–H groups in total. The standard InChI is InChI=1S/C22H16N2/c1-2-8-15(9-3-1)14-20-21-16-10-4-6-12-18(16)24-22(21)17-11-5-7-13-19(17)23-20/h1-13,24H,14H2. The molecular formula is C22H16N2. The second kappa shape index (κ2) is 5.20. The Hall–Kier alpha value is -3.13. The van der Waals surface area contributed by atoms with Crippen molar-refractivity contribution in [3.8, 4) is 0 Å². The number of rotatable bonds is 2. The molecule has 114 valence electrons. The lowest BCUT2D eigenvalue weighted by Gasteiger charge is -2.07. The zero-order chi connectivity index (χ0) is 15.9. The molecule has 0 atom stereocenters. The fourth-order valence-electron chi connectivity index (χ4n) is 3.54. The number of pyridine rings is 1. The first-order valence-electron chi connectivity index (χ1n) is 8.22. The Morgan fingerprint density at radius 2 is 1.42 bits per heavy atom. The maximum absolute atomic E-state index is 5.00. The van der Waals surface area contributed by atoms with Gasteiger partial charge in [-0.05, 0) is 17.7 Å². The molecule has 5 rings (SSSR count). The van der Waals surface area contributed by atoms with E-state index >= 15 is 0 Å². The van der Waals surface area contributed by atoms with Crippen LogP contribution in [0.15, 0.2) is 78.9 Å². The van der Waals surface area contributed by atoms with Crippen molar-refractivity contribution in [3.63, 3.8) is 0 Å². The Bertz CT molecular complexity index is 1170. The number of hydrogen-bond donors (Lipinski definition) is 1. The third kappa shape index (κ3) is 2.00. The van der Waals surface area contributed by atoms with Crippen molar-refractivity contribution in [2.75, 3.05) is 0 Å². The summed E-state index contributed by atoms with van der Waals surface area (Å²) in [4.78, 5) is 8.61. The number of aromatic amines is 1. The zero-order valence-corrected chi connectivity index (χ0v) is 13.2. The van der Waals surface area contributed by atoms with Crippen LogP contribution < -0.4 is 0 Å². The molecule has 0 saturated carbocycles. The van der Waals surface area contributed by atoms with Gasteiger partial charge in [0.1, 0.15) is 0 Å². The topological polar surface area (TPSA) is 28.7 Å². The minimum atomic E-state index is 0.837. The number of nitrogens with zero attached hydrogens (tertiary/aromatic N) is 1. The number of nitrogens with one attached hydrogen (secondary N) is 1. The predicted octanol–water partition coefficient (Wildman–Crippen LogP) is 5.46. The maximum atomic E-state index is 5.00. The van der Waals surface area contributed by atoms with E-state index in [1.54, 1.807) is 0 Å². The molecule has 0 fully saturated rings. The van der Waals surface area contributed by atoms with E-state index in [0.29, 0.717) is 0 Å². The molecule has 0 amide bonds. The van der Waals surface area contributed by atoms with Gasteiger partial charge in [-0.3, -0.25) is 4.98 Å². The highest BCUT2D eigenvalue weighted by atomic mass is 14.8. The molecule has 5 aromatic rings. The van der Waals surface area contributed by atoms with Gasteiger partial charge in [0.25, 0.3) is 0 Å². The van der Waals surface area contributed by atoms with Crippen LogP contribution in [0.25, 0.3) is 32.7 Å². The van der Waals surface area contributed by atoms with Gasteiger partial charge in [-0.25, -0.2) is 0 Å². The van der Waals surface area contributed by atoms with Crippen LogP contribution in [0.4, 0.5) is 0 Å². The summed E-state index contributed by atoms with van der Waals surface area (Å²) in [6, 6.07) is 27.4. The normalized spacial score (nSPS) is 11.5. The Morgan fingerprint density at radius 3 is 2.29 bits per heavy atom. The van der Waals surface area contributed by atoms with Crippen molar-refractivity contribution in [1.82, 2.24) is 9.97 Å². The first-order chi connectivity index (χ1) is 11.9. The predicted molar refractivity (Wildman–Crippen MR) is 100 cm³/mol. The second-order valence-corrected chi connectivity index (χ2v) is 6.16. The van der Waals surface area contributed by atoms with Crippen molar-refractivity contribution in [3.05, 3.63) is 90.1 Å². The van der Waals surface area contributed by atoms with Gasteiger partial charge in [0.05, 0.1) is 16.7 Å². The van der Waals surface area contributed by atoms with Gasteiger partial charge in [0.15, 0.2) is 0 Å². The molecule has 0 saturated heterocycles. The molecule has 0 aliphatic heterocycles. The van der Waals surface area contributed by atoms with Gasteiger partial charge in [-0.15, -0.1) is 0 Å². The summed E-state index contributed by atoms with van der Waals surface area (Å²) in [7, 11) is 0. The van der Waals surface area contributed by atoms with Crippen LogP contribution in [0.3, 0.4) is 0 Å². The molecule has 2 aromatic heterocycles. The summed E-state index contributed by atoms with van der Waals surface area (Å²) in [5.41, 5.74) is 5.81. The van der Waals surface area contributed by atoms with E-state index in [2.05, 4.69) is 83.8 Å². The zero-order valence-electron chi connectivity index (χ0n) is 13.2. The Morgan fingerprint density at radius 1 is 0.708 bits per heavy atom. The summed E-state index contributed by atoms with van der Waals surface area (Å²) >= 11 is 0. The maximum Gasteiger partial charge on any atom is 0.0726 e. The molecule has 0 radical (unpaired) electrons. The van der Waals surface area contributed by atoms with E-state index in [9.17, 15) is 0 Å². The van der Waals surface area contributed by atoms with E-state index in [4.69, 9.17) is 4.98 Å². The third-order valence-corrected chi connectivity index (χ3v) is 4.64. The summed E-state index contributed by atoms with van der Waals surface area (Å²) in [5.74, 6) is 0. The SMILES string of the molecule is c1ccc(Cc2nc3ccccc3c3[nH]c4ccccc4c23)cc1. The van der Waals surface area contributed by atoms with Crippen molar-refractivity contribution in [2.24, 2.45) is 0 Å². The van der Waals surface area contributed by atoms with E-state index < -0.39 is 0 Å². The van der Waals surface area contributed by atoms with E-state index in [0.717, 1.165) is 17.6 Å². The largest absolute Gasteiger partial charge is 0.354 e. The van der Waals surface area contributed by atoms with Gasteiger partial charge in [-0.1, -0.05) is 66.7 Å². The van der Waals surface area contributed by atoms with Gasteiger partial charge in [-0.2, -0.15) is 0 Å². The first-order valence-corrected chi connectivity index (χ1v) is 8.22. The lowest BCUT2D eigenvalue weighted by atomic mass is 10.0. The third-order valence-electron chi connectivity index (χ3n) is 4.64. The van der Waals surface area contributed by atoms with Gasteiger partial charge in [0, 0.05) is 28.1 Å². The van der Waals surface area contributed by atoms with Crippen molar-refractivity contribution in [1.29, 1.82) is 0 Å². The summed E-state index contributed by atoms with van der Waals surface area (Å²) in [6.07, 6.45) is 0.837. The lowest BCUT2D eigenvalue weighted by molar-refractivity contribution is 1.12. The molecule has 0 bridgehead atoms. The van der Waals surface area contributed by atoms with Crippen LogP contribution in [0, 0.1) is 0 Å². The van der Waals surface area contributed by atoms with Crippen LogP contribution in [0.2, 0.25) is 0 Å². The first kappa shape index (κ1) is 13.3. The van der Waals surface area contributed by atoms with E-state index in [1.807, 2.05) is 0 Å². The van der Waals surface area contributed by atoms with Crippen LogP contribution in [0.5, 0.6) is 0 Å². The molecular weight excluding hydrogens is 292 g/mol. The molecule has 2 heteroatoms. The lowest BCUT2D eigenvalue weighted by Crippen LogP contribution is -1.94. The number of benzene rings is 3. The van der Waals surface area contributed by atoms with Crippen LogP contribution in [-0.2, 0) is 6.42 Å². The molecule has 24 heavy (non-hydrogen) atoms. The molecule has 2 nitrogen and oxygen atoms in total. The van der Waals surface area contributed by atoms with Crippen molar-refractivity contribution in [2.45, 2.75) is 6.42 Å². The summed E-state index contributed by atoms with van der Waals surface area (Å²) < 4.78 is 0. The van der Waals surface area contributed by atoms with Crippen LogP contribution in [0.1, 0.15) is 11.3 Å². The van der Waals surface area contributed by atoms with E-state index in [1.165, 1.54) is 32.8 Å². The van der Waals surface area contributed by atoms with E-state index in [-0.39, 0.29) is 0 Å². The molecule has 0 unspecified atom stereocenters. The molecule has 2 heterocycles.